The van der Waals surface area contributed by atoms with Crippen molar-refractivity contribution in [3.8, 4) is 0 Å². The van der Waals surface area contributed by atoms with Crippen LogP contribution < -0.4 is 0 Å². The van der Waals surface area contributed by atoms with Crippen molar-refractivity contribution >= 4 is 23.9 Å². The summed E-state index contributed by atoms with van der Waals surface area (Å²) in [4.78, 5) is 43.3. The maximum atomic E-state index is 11.2. The molecule has 0 aromatic carbocycles. The predicted octanol–water partition coefficient (Wildman–Crippen LogP) is 1.82. The molecule has 0 spiro atoms. The summed E-state index contributed by atoms with van der Waals surface area (Å²) in [6.45, 7) is 0. The Morgan fingerprint density at radius 1 is 0.636 bits per heavy atom. The van der Waals surface area contributed by atoms with Crippen molar-refractivity contribution in [1.29, 1.82) is 0 Å². The Kier molecular flexibility index (Phi) is 8.81. The molecule has 0 heterocycles. The summed E-state index contributed by atoms with van der Waals surface area (Å²) in [5, 5.41) is 35.3. The van der Waals surface area contributed by atoms with Gasteiger partial charge in [0.05, 0.1) is 6.42 Å². The molecule has 0 unspecified atom stereocenters. The van der Waals surface area contributed by atoms with Gasteiger partial charge in [0.1, 0.15) is 0 Å². The summed E-state index contributed by atoms with van der Waals surface area (Å²) in [6.07, 6.45) is 2.61. The lowest BCUT2D eigenvalue weighted by Gasteiger charge is -2.22. The van der Waals surface area contributed by atoms with Gasteiger partial charge in [0.25, 0.3) is 0 Å². The zero-order valence-electron chi connectivity index (χ0n) is 12.3. The lowest BCUT2D eigenvalue weighted by atomic mass is 9.79. The van der Waals surface area contributed by atoms with Gasteiger partial charge in [-0.3, -0.25) is 19.2 Å². The lowest BCUT2D eigenvalue weighted by molar-refractivity contribution is -0.170. The highest BCUT2D eigenvalue weighted by atomic mass is 16.4. The van der Waals surface area contributed by atoms with Gasteiger partial charge in [-0.25, -0.2) is 0 Å². The first-order valence-corrected chi connectivity index (χ1v) is 7.13. The largest absolute Gasteiger partial charge is 0.481 e. The van der Waals surface area contributed by atoms with Crippen molar-refractivity contribution in [3.05, 3.63) is 0 Å². The van der Waals surface area contributed by atoms with E-state index in [1.165, 1.54) is 0 Å². The molecule has 0 aromatic rings. The minimum absolute atomic E-state index is 0.111. The van der Waals surface area contributed by atoms with Gasteiger partial charge in [0.15, 0.2) is 5.41 Å². The number of carboxylic acid groups (broad SMARTS) is 4. The van der Waals surface area contributed by atoms with Gasteiger partial charge in [-0.2, -0.15) is 0 Å². The topological polar surface area (TPSA) is 149 Å². The minimum atomic E-state index is -2.28. The van der Waals surface area contributed by atoms with Crippen LogP contribution >= 0.6 is 0 Å². The molecule has 0 radical (unpaired) electrons. The second-order valence-corrected chi connectivity index (χ2v) is 5.28. The smallest absolute Gasteiger partial charge is 0.321 e. The van der Waals surface area contributed by atoms with Crippen LogP contribution in [0.25, 0.3) is 0 Å². The van der Waals surface area contributed by atoms with E-state index >= 15 is 0 Å². The maximum absolute atomic E-state index is 11.2. The van der Waals surface area contributed by atoms with E-state index < -0.39 is 35.7 Å². The zero-order chi connectivity index (χ0) is 17.2. The first-order valence-electron chi connectivity index (χ1n) is 7.13. The average Bonchev–Trinajstić information content (AvgIpc) is 2.38. The van der Waals surface area contributed by atoms with Crippen molar-refractivity contribution in [2.45, 2.75) is 57.8 Å². The molecule has 22 heavy (non-hydrogen) atoms. The summed E-state index contributed by atoms with van der Waals surface area (Å²) < 4.78 is 0. The number of carboxylic acids is 4. The second kappa shape index (κ2) is 9.75. The normalized spacial score (nSPS) is 11.1. The SMILES string of the molecule is O=C(O)CCCCCCCCC(CC(=O)O)(C(=O)O)C(=O)O. The molecule has 0 aliphatic heterocycles. The van der Waals surface area contributed by atoms with E-state index in [-0.39, 0.29) is 12.8 Å². The Hall–Kier alpha value is -2.12. The number of carbonyl (C=O) groups is 4. The van der Waals surface area contributed by atoms with Crippen molar-refractivity contribution in [1.82, 2.24) is 0 Å². The van der Waals surface area contributed by atoms with Gasteiger partial charge in [0.2, 0.25) is 0 Å². The fraction of sp³-hybridized carbons (Fsp3) is 0.714. The van der Waals surface area contributed by atoms with Crippen LogP contribution in [0.5, 0.6) is 0 Å². The monoisotopic (exact) mass is 318 g/mol. The molecule has 4 N–H and O–H groups in total. The maximum Gasteiger partial charge on any atom is 0.321 e. The summed E-state index contributed by atoms with van der Waals surface area (Å²) >= 11 is 0. The molecular weight excluding hydrogens is 296 g/mol. The molecule has 0 bridgehead atoms. The van der Waals surface area contributed by atoms with Gasteiger partial charge in [-0.15, -0.1) is 0 Å². The van der Waals surface area contributed by atoms with Crippen molar-refractivity contribution in [2.75, 3.05) is 0 Å². The lowest BCUT2D eigenvalue weighted by Crippen LogP contribution is -2.41. The van der Waals surface area contributed by atoms with E-state index in [2.05, 4.69) is 0 Å². The highest BCUT2D eigenvalue weighted by Gasteiger charge is 2.47. The number of unbranched alkanes of at least 4 members (excludes halogenated alkanes) is 5. The van der Waals surface area contributed by atoms with E-state index in [0.29, 0.717) is 19.3 Å². The van der Waals surface area contributed by atoms with Crippen molar-refractivity contribution < 1.29 is 39.6 Å². The first-order chi connectivity index (χ1) is 10.2. The standard InChI is InChI=1S/C14H22O8/c15-10(16)7-5-3-1-2-4-6-8-14(12(19)20,13(21)22)9-11(17)18/h1-9H2,(H,15,16)(H,17,18)(H,19,20)(H,21,22). The van der Waals surface area contributed by atoms with Gasteiger partial charge >= 0.3 is 23.9 Å². The van der Waals surface area contributed by atoms with Crippen LogP contribution in [0.1, 0.15) is 57.8 Å². The number of rotatable bonds is 13. The predicted molar refractivity (Wildman–Crippen MR) is 74.5 cm³/mol. The fourth-order valence-electron chi connectivity index (χ4n) is 2.21. The van der Waals surface area contributed by atoms with E-state index in [1.54, 1.807) is 0 Å². The molecule has 0 saturated heterocycles. The summed E-state index contributed by atoms with van der Waals surface area (Å²) in [7, 11) is 0. The molecular formula is C14H22O8. The first kappa shape index (κ1) is 19.9. The van der Waals surface area contributed by atoms with Crippen LogP contribution in [0.2, 0.25) is 0 Å². The van der Waals surface area contributed by atoms with Gasteiger partial charge in [-0.05, 0) is 12.8 Å². The molecule has 0 aliphatic carbocycles. The van der Waals surface area contributed by atoms with Crippen LogP contribution in [-0.4, -0.2) is 44.3 Å². The molecule has 8 heteroatoms. The van der Waals surface area contributed by atoms with E-state index in [9.17, 15) is 19.2 Å². The van der Waals surface area contributed by atoms with Crippen LogP contribution in [0.15, 0.2) is 0 Å². The quantitative estimate of drug-likeness (QED) is 0.297. The van der Waals surface area contributed by atoms with Gasteiger partial charge in [-0.1, -0.05) is 32.1 Å². The molecule has 0 aliphatic rings. The van der Waals surface area contributed by atoms with E-state index in [4.69, 9.17) is 20.4 Å². The van der Waals surface area contributed by atoms with Crippen molar-refractivity contribution in [3.63, 3.8) is 0 Å². The van der Waals surface area contributed by atoms with E-state index in [0.717, 1.165) is 19.3 Å². The zero-order valence-corrected chi connectivity index (χ0v) is 12.3. The Labute approximate surface area is 127 Å². The Morgan fingerprint density at radius 3 is 1.50 bits per heavy atom. The molecule has 0 amide bonds. The van der Waals surface area contributed by atoms with Crippen LogP contribution in [0.4, 0.5) is 0 Å². The number of aliphatic carboxylic acids is 4. The van der Waals surface area contributed by atoms with Crippen molar-refractivity contribution in [2.24, 2.45) is 5.41 Å². The van der Waals surface area contributed by atoms with E-state index in [1.807, 2.05) is 0 Å². The summed E-state index contributed by atoms with van der Waals surface area (Å²) in [5.74, 6) is -5.58. The van der Waals surface area contributed by atoms with Gasteiger partial charge < -0.3 is 20.4 Å². The van der Waals surface area contributed by atoms with Crippen LogP contribution in [-0.2, 0) is 19.2 Å². The number of hydrogen-bond acceptors (Lipinski definition) is 4. The second-order valence-electron chi connectivity index (χ2n) is 5.28. The van der Waals surface area contributed by atoms with Crippen LogP contribution in [0.3, 0.4) is 0 Å². The van der Waals surface area contributed by atoms with Gasteiger partial charge in [0, 0.05) is 6.42 Å². The Balaban J connectivity index is 4.20. The third kappa shape index (κ3) is 7.05. The van der Waals surface area contributed by atoms with Crippen LogP contribution in [0, 0.1) is 5.41 Å². The molecule has 0 fully saturated rings. The summed E-state index contributed by atoms with van der Waals surface area (Å²) in [6, 6.07) is 0. The average molecular weight is 318 g/mol. The molecule has 0 rings (SSSR count). The molecule has 8 nitrogen and oxygen atoms in total. The highest BCUT2D eigenvalue weighted by Crippen LogP contribution is 2.30. The Morgan fingerprint density at radius 2 is 1.09 bits per heavy atom. The fourth-order valence-corrected chi connectivity index (χ4v) is 2.21. The molecule has 0 aromatic heterocycles. The minimum Gasteiger partial charge on any atom is -0.481 e. The molecule has 0 saturated carbocycles. The molecule has 126 valence electrons. The number of hydrogen-bond donors (Lipinski definition) is 4. The third-order valence-corrected chi connectivity index (χ3v) is 3.52. The summed E-state index contributed by atoms with van der Waals surface area (Å²) in [5.41, 5.74) is -2.28. The molecule has 0 atom stereocenters. The third-order valence-electron chi connectivity index (χ3n) is 3.52. The Bertz CT molecular complexity index is 401. The highest BCUT2D eigenvalue weighted by molar-refractivity contribution is 6.01.